The fraction of sp³-hybridized carbons (Fsp3) is 0.538. The lowest BCUT2D eigenvalue weighted by Crippen LogP contribution is -2.36. The lowest BCUT2D eigenvalue weighted by molar-refractivity contribution is 0.0663. The van der Waals surface area contributed by atoms with Gasteiger partial charge in [-0.25, -0.2) is 0 Å². The molecule has 2 unspecified atom stereocenters. The van der Waals surface area contributed by atoms with Gasteiger partial charge in [-0.1, -0.05) is 12.8 Å². The molecule has 1 aliphatic rings. The second-order valence-electron chi connectivity index (χ2n) is 4.71. The van der Waals surface area contributed by atoms with E-state index in [2.05, 4.69) is 26.2 Å². The highest BCUT2D eigenvalue weighted by atomic mass is 79.9. The van der Waals surface area contributed by atoms with Crippen LogP contribution in [-0.4, -0.2) is 28.6 Å². The van der Waals surface area contributed by atoms with E-state index in [9.17, 15) is 9.90 Å². The first kappa shape index (κ1) is 13.5. The lowest BCUT2D eigenvalue weighted by atomic mass is 9.86. The highest BCUT2D eigenvalue weighted by Crippen LogP contribution is 2.23. The number of nitrogens with one attached hydrogen (secondary N) is 1. The summed E-state index contributed by atoms with van der Waals surface area (Å²) >= 11 is 3.29. The minimum atomic E-state index is -0.278. The summed E-state index contributed by atoms with van der Waals surface area (Å²) in [6.45, 7) is 0.534. The van der Waals surface area contributed by atoms with Gasteiger partial charge in [0.25, 0.3) is 5.91 Å². The number of hydrogen-bond acceptors (Lipinski definition) is 3. The van der Waals surface area contributed by atoms with Gasteiger partial charge in [0, 0.05) is 29.3 Å². The van der Waals surface area contributed by atoms with Crippen LogP contribution in [0.1, 0.15) is 36.0 Å². The molecule has 0 saturated heterocycles. The Labute approximate surface area is 115 Å². The molecule has 0 aliphatic heterocycles. The number of rotatable bonds is 3. The largest absolute Gasteiger partial charge is 0.393 e. The number of halogens is 1. The van der Waals surface area contributed by atoms with E-state index in [1.165, 1.54) is 6.20 Å². The molecule has 1 fully saturated rings. The van der Waals surface area contributed by atoms with Crippen LogP contribution in [0.4, 0.5) is 0 Å². The normalized spacial score (nSPS) is 23.7. The SMILES string of the molecule is O=C(NCC1CCCCC1O)c1cncc(Br)c1. The van der Waals surface area contributed by atoms with Gasteiger partial charge >= 0.3 is 0 Å². The van der Waals surface area contributed by atoms with Crippen LogP contribution in [0, 0.1) is 5.92 Å². The molecule has 4 nitrogen and oxygen atoms in total. The standard InChI is InChI=1S/C13H17BrN2O2/c14-11-5-10(6-15-8-11)13(18)16-7-9-3-1-2-4-12(9)17/h5-6,8-9,12,17H,1-4,7H2,(H,16,18). The van der Waals surface area contributed by atoms with Gasteiger partial charge < -0.3 is 10.4 Å². The molecule has 0 spiro atoms. The van der Waals surface area contributed by atoms with E-state index in [4.69, 9.17) is 0 Å². The molecule has 1 aromatic rings. The van der Waals surface area contributed by atoms with Crippen molar-refractivity contribution in [2.24, 2.45) is 5.92 Å². The summed E-state index contributed by atoms with van der Waals surface area (Å²) in [6, 6.07) is 1.74. The summed E-state index contributed by atoms with van der Waals surface area (Å²) < 4.78 is 0.785. The van der Waals surface area contributed by atoms with Gasteiger partial charge in [-0.2, -0.15) is 0 Å². The van der Waals surface area contributed by atoms with E-state index >= 15 is 0 Å². The van der Waals surface area contributed by atoms with Gasteiger partial charge in [0.05, 0.1) is 11.7 Å². The number of carbonyl (C=O) groups excluding carboxylic acids is 1. The van der Waals surface area contributed by atoms with Crippen LogP contribution >= 0.6 is 15.9 Å². The van der Waals surface area contributed by atoms with E-state index in [0.717, 1.165) is 30.2 Å². The molecule has 98 valence electrons. The topological polar surface area (TPSA) is 62.2 Å². The summed E-state index contributed by atoms with van der Waals surface area (Å²) in [5, 5.41) is 12.7. The van der Waals surface area contributed by atoms with Crippen LogP contribution in [0.2, 0.25) is 0 Å². The number of aliphatic hydroxyl groups is 1. The van der Waals surface area contributed by atoms with Crippen LogP contribution in [0.15, 0.2) is 22.9 Å². The number of amides is 1. The second-order valence-corrected chi connectivity index (χ2v) is 5.63. The Morgan fingerprint density at radius 3 is 2.94 bits per heavy atom. The first-order valence-electron chi connectivity index (χ1n) is 6.23. The van der Waals surface area contributed by atoms with Crippen molar-refractivity contribution in [3.8, 4) is 0 Å². The van der Waals surface area contributed by atoms with Gasteiger partial charge in [0.15, 0.2) is 0 Å². The average molecular weight is 313 g/mol. The highest BCUT2D eigenvalue weighted by Gasteiger charge is 2.23. The van der Waals surface area contributed by atoms with E-state index in [1.807, 2.05) is 0 Å². The van der Waals surface area contributed by atoms with E-state index in [0.29, 0.717) is 12.1 Å². The zero-order valence-corrected chi connectivity index (χ0v) is 11.7. The van der Waals surface area contributed by atoms with Crippen LogP contribution in [-0.2, 0) is 0 Å². The predicted octanol–water partition coefficient (Wildman–Crippen LogP) is 2.12. The predicted molar refractivity (Wildman–Crippen MR) is 72.2 cm³/mol. The van der Waals surface area contributed by atoms with Gasteiger partial charge in [-0.15, -0.1) is 0 Å². The molecule has 1 aromatic heterocycles. The van der Waals surface area contributed by atoms with Gasteiger partial charge in [0.2, 0.25) is 0 Å². The molecular weight excluding hydrogens is 296 g/mol. The zero-order valence-electron chi connectivity index (χ0n) is 10.1. The maximum absolute atomic E-state index is 11.9. The molecule has 2 N–H and O–H groups in total. The van der Waals surface area contributed by atoms with Crippen LogP contribution < -0.4 is 5.32 Å². The summed E-state index contributed by atoms with van der Waals surface area (Å²) in [5.41, 5.74) is 0.537. The molecule has 5 heteroatoms. The third-order valence-corrected chi connectivity index (χ3v) is 3.79. The Balaban J connectivity index is 1.88. The maximum atomic E-state index is 11.9. The Hall–Kier alpha value is -0.940. The summed E-state index contributed by atoms with van der Waals surface area (Å²) in [6.07, 6.45) is 6.95. The molecule has 2 rings (SSSR count). The molecule has 1 heterocycles. The number of pyridine rings is 1. The average Bonchev–Trinajstić information content (AvgIpc) is 2.37. The Kier molecular flexibility index (Phi) is 4.72. The number of hydrogen-bond donors (Lipinski definition) is 2. The molecule has 1 aliphatic carbocycles. The molecule has 0 aromatic carbocycles. The summed E-state index contributed by atoms with van der Waals surface area (Å²) in [5.74, 6) is 0.0457. The number of carbonyl (C=O) groups is 1. The van der Waals surface area contributed by atoms with E-state index in [-0.39, 0.29) is 17.9 Å². The van der Waals surface area contributed by atoms with Gasteiger partial charge in [0.1, 0.15) is 0 Å². The molecule has 0 bridgehead atoms. The Morgan fingerprint density at radius 2 is 2.22 bits per heavy atom. The first-order valence-corrected chi connectivity index (χ1v) is 7.03. The molecule has 0 radical (unpaired) electrons. The van der Waals surface area contributed by atoms with Crippen molar-refractivity contribution in [3.05, 3.63) is 28.5 Å². The molecule has 18 heavy (non-hydrogen) atoms. The van der Waals surface area contributed by atoms with Crippen molar-refractivity contribution < 1.29 is 9.90 Å². The summed E-state index contributed by atoms with van der Waals surface area (Å²) in [7, 11) is 0. The second kappa shape index (κ2) is 6.29. The van der Waals surface area contributed by atoms with Crippen molar-refractivity contribution in [3.63, 3.8) is 0 Å². The zero-order chi connectivity index (χ0) is 13.0. The fourth-order valence-electron chi connectivity index (χ4n) is 2.29. The third-order valence-electron chi connectivity index (χ3n) is 3.36. The monoisotopic (exact) mass is 312 g/mol. The minimum Gasteiger partial charge on any atom is -0.393 e. The molecule has 1 saturated carbocycles. The van der Waals surface area contributed by atoms with Crippen molar-refractivity contribution in [1.29, 1.82) is 0 Å². The Bertz CT molecular complexity index is 425. The molecule has 1 amide bonds. The molecular formula is C13H17BrN2O2. The van der Waals surface area contributed by atoms with Crippen LogP contribution in [0.3, 0.4) is 0 Å². The maximum Gasteiger partial charge on any atom is 0.252 e. The van der Waals surface area contributed by atoms with Crippen molar-refractivity contribution in [2.75, 3.05) is 6.54 Å². The smallest absolute Gasteiger partial charge is 0.252 e. The van der Waals surface area contributed by atoms with Crippen LogP contribution in [0.25, 0.3) is 0 Å². The number of aliphatic hydroxyl groups excluding tert-OH is 1. The number of nitrogens with zero attached hydrogens (tertiary/aromatic N) is 1. The first-order chi connectivity index (χ1) is 8.66. The van der Waals surface area contributed by atoms with Crippen molar-refractivity contribution >= 4 is 21.8 Å². The van der Waals surface area contributed by atoms with Gasteiger partial charge in [-0.05, 0) is 34.8 Å². The molecule has 2 atom stereocenters. The fourth-order valence-corrected chi connectivity index (χ4v) is 2.65. The van der Waals surface area contributed by atoms with Gasteiger partial charge in [-0.3, -0.25) is 9.78 Å². The van der Waals surface area contributed by atoms with E-state index < -0.39 is 0 Å². The van der Waals surface area contributed by atoms with E-state index in [1.54, 1.807) is 12.3 Å². The van der Waals surface area contributed by atoms with Crippen molar-refractivity contribution in [2.45, 2.75) is 31.8 Å². The number of aromatic nitrogens is 1. The highest BCUT2D eigenvalue weighted by molar-refractivity contribution is 9.10. The quantitative estimate of drug-likeness (QED) is 0.898. The minimum absolute atomic E-state index is 0.137. The lowest BCUT2D eigenvalue weighted by Gasteiger charge is -2.27. The third kappa shape index (κ3) is 3.53. The Morgan fingerprint density at radius 1 is 1.44 bits per heavy atom. The van der Waals surface area contributed by atoms with Crippen molar-refractivity contribution in [1.82, 2.24) is 10.3 Å². The summed E-state index contributed by atoms with van der Waals surface area (Å²) in [4.78, 5) is 15.9. The van der Waals surface area contributed by atoms with Crippen LogP contribution in [0.5, 0.6) is 0 Å².